The average molecular weight is 350 g/mol. The average Bonchev–Trinajstić information content (AvgIpc) is 2.88. The largest absolute Gasteiger partial charge is 0.484 e. The van der Waals surface area contributed by atoms with E-state index >= 15 is 0 Å². The monoisotopic (exact) mass is 350 g/mol. The van der Waals surface area contributed by atoms with Gasteiger partial charge in [-0.3, -0.25) is 4.79 Å². The number of Topliss-reactive ketones (excluding diaryl/α,β-unsaturated/α-hetero) is 1. The standard InChI is InChI=1S/C17H12F2O4S/c1-24(21,22)12-5-6-13(15(19)8-12)17-16(20)14(9-23-17)10-3-2-4-11(18)7-10/h2-9,17H,1H3. The fourth-order valence-corrected chi connectivity index (χ4v) is 3.06. The number of rotatable bonds is 3. The van der Waals surface area contributed by atoms with Crippen LogP contribution in [-0.4, -0.2) is 20.5 Å². The number of benzene rings is 2. The molecular formula is C17H12F2O4S. The molecule has 0 N–H and O–H groups in total. The maximum absolute atomic E-state index is 14.2. The van der Waals surface area contributed by atoms with Crippen LogP contribution >= 0.6 is 0 Å². The smallest absolute Gasteiger partial charge is 0.211 e. The van der Waals surface area contributed by atoms with Crippen molar-refractivity contribution in [2.75, 3.05) is 6.26 Å². The summed E-state index contributed by atoms with van der Waals surface area (Å²) < 4.78 is 55.6. The summed E-state index contributed by atoms with van der Waals surface area (Å²) in [6.07, 6.45) is 0.894. The van der Waals surface area contributed by atoms with Crippen LogP contribution in [0.3, 0.4) is 0 Å². The molecule has 4 nitrogen and oxygen atoms in total. The fraction of sp³-hybridized carbons (Fsp3) is 0.118. The first-order valence-electron chi connectivity index (χ1n) is 6.92. The number of halogens is 2. The van der Waals surface area contributed by atoms with E-state index in [1.54, 1.807) is 6.07 Å². The quantitative estimate of drug-likeness (QED) is 0.854. The molecule has 3 rings (SSSR count). The third-order valence-corrected chi connectivity index (χ3v) is 4.75. The van der Waals surface area contributed by atoms with Crippen molar-refractivity contribution in [1.29, 1.82) is 0 Å². The van der Waals surface area contributed by atoms with E-state index in [4.69, 9.17) is 4.74 Å². The molecule has 1 unspecified atom stereocenters. The van der Waals surface area contributed by atoms with Crippen LogP contribution in [0.25, 0.3) is 5.57 Å². The summed E-state index contributed by atoms with van der Waals surface area (Å²) in [5.74, 6) is -1.88. The molecule has 1 heterocycles. The van der Waals surface area contributed by atoms with E-state index in [0.717, 1.165) is 18.6 Å². The van der Waals surface area contributed by atoms with E-state index in [1.807, 2.05) is 0 Å². The number of hydrogen-bond donors (Lipinski definition) is 0. The van der Waals surface area contributed by atoms with Gasteiger partial charge in [0.05, 0.1) is 16.7 Å². The van der Waals surface area contributed by atoms with Crippen LogP contribution < -0.4 is 0 Å². The third kappa shape index (κ3) is 2.94. The van der Waals surface area contributed by atoms with Crippen LogP contribution in [0.15, 0.2) is 53.6 Å². The molecule has 24 heavy (non-hydrogen) atoms. The molecule has 0 radical (unpaired) electrons. The van der Waals surface area contributed by atoms with Gasteiger partial charge in [0.2, 0.25) is 5.78 Å². The molecule has 0 bridgehead atoms. The summed E-state index contributed by atoms with van der Waals surface area (Å²) in [6, 6.07) is 8.68. The number of ether oxygens (including phenoxy) is 1. The van der Waals surface area contributed by atoms with Gasteiger partial charge in [0.15, 0.2) is 15.9 Å². The van der Waals surface area contributed by atoms with Crippen molar-refractivity contribution in [1.82, 2.24) is 0 Å². The topological polar surface area (TPSA) is 60.4 Å². The van der Waals surface area contributed by atoms with Gasteiger partial charge in [0.1, 0.15) is 11.6 Å². The normalized spacial score (nSPS) is 17.5. The highest BCUT2D eigenvalue weighted by molar-refractivity contribution is 7.90. The van der Waals surface area contributed by atoms with E-state index in [1.165, 1.54) is 30.3 Å². The van der Waals surface area contributed by atoms with Gasteiger partial charge in [-0.05, 0) is 29.8 Å². The highest BCUT2D eigenvalue weighted by atomic mass is 32.2. The van der Waals surface area contributed by atoms with Crippen molar-refractivity contribution < 1.29 is 26.7 Å². The predicted octanol–water partition coefficient (Wildman–Crippen LogP) is 3.05. The van der Waals surface area contributed by atoms with Crippen molar-refractivity contribution in [2.24, 2.45) is 0 Å². The third-order valence-electron chi connectivity index (χ3n) is 3.64. The summed E-state index contributed by atoms with van der Waals surface area (Å²) in [7, 11) is -3.56. The Morgan fingerprint density at radius 2 is 1.83 bits per heavy atom. The molecule has 0 amide bonds. The Labute approximate surface area is 137 Å². The van der Waals surface area contributed by atoms with Gasteiger partial charge in [-0.1, -0.05) is 18.2 Å². The Morgan fingerprint density at radius 1 is 1.08 bits per heavy atom. The first-order chi connectivity index (χ1) is 11.3. The van der Waals surface area contributed by atoms with Crippen molar-refractivity contribution in [3.8, 4) is 0 Å². The van der Waals surface area contributed by atoms with E-state index in [2.05, 4.69) is 0 Å². The highest BCUT2D eigenvalue weighted by Crippen LogP contribution is 2.35. The highest BCUT2D eigenvalue weighted by Gasteiger charge is 2.33. The molecule has 1 aliphatic heterocycles. The predicted molar refractivity (Wildman–Crippen MR) is 82.7 cm³/mol. The van der Waals surface area contributed by atoms with Crippen LogP contribution in [0, 0.1) is 11.6 Å². The van der Waals surface area contributed by atoms with Crippen LogP contribution in [0.5, 0.6) is 0 Å². The fourth-order valence-electron chi connectivity index (χ4n) is 2.43. The molecule has 0 saturated heterocycles. The number of hydrogen-bond acceptors (Lipinski definition) is 4. The van der Waals surface area contributed by atoms with Gasteiger partial charge in [-0.15, -0.1) is 0 Å². The number of carbonyl (C=O) groups excluding carboxylic acids is 1. The Morgan fingerprint density at radius 3 is 2.46 bits per heavy atom. The second-order valence-electron chi connectivity index (χ2n) is 5.38. The van der Waals surface area contributed by atoms with Gasteiger partial charge in [0, 0.05) is 11.8 Å². The van der Waals surface area contributed by atoms with Crippen molar-refractivity contribution in [2.45, 2.75) is 11.0 Å². The van der Waals surface area contributed by atoms with Gasteiger partial charge in [0.25, 0.3) is 0 Å². The lowest BCUT2D eigenvalue weighted by Crippen LogP contribution is -2.12. The molecule has 124 valence electrons. The zero-order chi connectivity index (χ0) is 17.5. The summed E-state index contributed by atoms with van der Waals surface area (Å²) in [5, 5.41) is 0. The molecule has 1 atom stereocenters. The molecule has 0 fully saturated rings. The molecule has 0 aromatic heterocycles. The minimum atomic E-state index is -3.56. The first-order valence-corrected chi connectivity index (χ1v) is 8.82. The second kappa shape index (κ2) is 5.83. The molecule has 1 aliphatic rings. The van der Waals surface area contributed by atoms with Crippen molar-refractivity contribution >= 4 is 21.2 Å². The van der Waals surface area contributed by atoms with Crippen LogP contribution in [0.1, 0.15) is 17.2 Å². The second-order valence-corrected chi connectivity index (χ2v) is 7.39. The van der Waals surface area contributed by atoms with Crippen LogP contribution in [0.4, 0.5) is 8.78 Å². The number of sulfone groups is 1. The molecule has 0 aliphatic carbocycles. The van der Waals surface area contributed by atoms with Gasteiger partial charge < -0.3 is 4.74 Å². The summed E-state index contributed by atoms with van der Waals surface area (Å²) >= 11 is 0. The Kier molecular flexibility index (Phi) is 3.96. The number of ketones is 1. The van der Waals surface area contributed by atoms with Gasteiger partial charge in [-0.25, -0.2) is 17.2 Å². The maximum atomic E-state index is 14.2. The molecule has 2 aromatic rings. The van der Waals surface area contributed by atoms with E-state index < -0.39 is 33.4 Å². The Bertz CT molecular complexity index is 964. The van der Waals surface area contributed by atoms with Gasteiger partial charge in [-0.2, -0.15) is 0 Å². The molecule has 2 aromatic carbocycles. The Balaban J connectivity index is 1.92. The maximum Gasteiger partial charge on any atom is 0.211 e. The van der Waals surface area contributed by atoms with Crippen LogP contribution in [0.2, 0.25) is 0 Å². The van der Waals surface area contributed by atoms with E-state index in [-0.39, 0.29) is 16.0 Å². The SMILES string of the molecule is CS(=O)(=O)c1ccc(C2OC=C(c3cccc(F)c3)C2=O)c(F)c1. The minimum Gasteiger partial charge on any atom is -0.484 e. The summed E-state index contributed by atoms with van der Waals surface area (Å²) in [4.78, 5) is 12.3. The van der Waals surface area contributed by atoms with E-state index in [9.17, 15) is 22.0 Å². The minimum absolute atomic E-state index is 0.0740. The summed E-state index contributed by atoms with van der Waals surface area (Å²) in [6.45, 7) is 0. The first kappa shape index (κ1) is 16.3. The van der Waals surface area contributed by atoms with Crippen molar-refractivity contribution in [3.05, 3.63) is 71.5 Å². The molecule has 0 spiro atoms. The van der Waals surface area contributed by atoms with Crippen molar-refractivity contribution in [3.63, 3.8) is 0 Å². The Hall–Kier alpha value is -2.54. The lowest BCUT2D eigenvalue weighted by Gasteiger charge is -2.11. The van der Waals surface area contributed by atoms with Gasteiger partial charge >= 0.3 is 0 Å². The summed E-state index contributed by atoms with van der Waals surface area (Å²) in [5.41, 5.74) is 0.386. The zero-order valence-electron chi connectivity index (χ0n) is 12.5. The number of carbonyl (C=O) groups is 1. The lowest BCUT2D eigenvalue weighted by molar-refractivity contribution is -0.120. The molecule has 0 saturated carbocycles. The zero-order valence-corrected chi connectivity index (χ0v) is 13.3. The van der Waals surface area contributed by atoms with E-state index in [0.29, 0.717) is 5.56 Å². The lowest BCUT2D eigenvalue weighted by atomic mass is 9.97. The molecule has 7 heteroatoms. The molecular weight excluding hydrogens is 338 g/mol. The van der Waals surface area contributed by atoms with Crippen LogP contribution in [-0.2, 0) is 19.4 Å².